The first-order valence-electron chi connectivity index (χ1n) is 12.8. The average Bonchev–Trinajstić information content (AvgIpc) is 2.77. The highest BCUT2D eigenvalue weighted by Gasteiger charge is 2.52. The van der Waals surface area contributed by atoms with E-state index in [4.69, 9.17) is 0 Å². The molecule has 0 heterocycles. The third-order valence-electron chi connectivity index (χ3n) is 7.04. The molecule has 0 radical (unpaired) electrons. The lowest BCUT2D eigenvalue weighted by molar-refractivity contribution is -0.968. The van der Waals surface area contributed by atoms with E-state index >= 15 is 0 Å². The molecule has 0 spiro atoms. The van der Waals surface area contributed by atoms with Crippen molar-refractivity contribution >= 4 is 17.9 Å². The van der Waals surface area contributed by atoms with Gasteiger partial charge in [0.25, 0.3) is 0 Å². The maximum atomic E-state index is 11.8. The number of quaternary nitrogens is 1. The summed E-state index contributed by atoms with van der Waals surface area (Å²) in [6.45, 7) is 6.70. The first-order valence-corrected chi connectivity index (χ1v) is 12.8. The highest BCUT2D eigenvalue weighted by molar-refractivity contribution is 5.77. The monoisotopic (exact) mass is 470 g/mol. The van der Waals surface area contributed by atoms with Crippen LogP contribution in [-0.2, 0) is 14.4 Å². The van der Waals surface area contributed by atoms with Crippen molar-refractivity contribution in [3.05, 3.63) is 12.2 Å². The van der Waals surface area contributed by atoms with Gasteiger partial charge in [-0.05, 0) is 59.3 Å². The van der Waals surface area contributed by atoms with Crippen LogP contribution in [0.3, 0.4) is 0 Å². The number of carboxylic acid groups (broad SMARTS) is 3. The number of carboxylic acids is 3. The number of aliphatic carboxylic acids is 3. The Hall–Kier alpha value is -1.89. The molecule has 192 valence electrons. The molecular weight excluding hydrogens is 422 g/mol. The lowest BCUT2D eigenvalue weighted by Crippen LogP contribution is -2.70. The predicted molar refractivity (Wildman–Crippen MR) is 131 cm³/mol. The topological polar surface area (TPSA) is 112 Å². The second kappa shape index (κ2) is 17.6. The van der Waals surface area contributed by atoms with Crippen molar-refractivity contribution in [3.63, 3.8) is 0 Å². The van der Waals surface area contributed by atoms with Crippen LogP contribution in [0.1, 0.15) is 111 Å². The standard InChI is InChI=1S/C26H47NO6/c1-5-6-7-8-9-10-11-12-13-14-15-16-17-18-19-20-27(21(2)24(28)29,22(3)25(30)31)23(4)26(32)33/h10-11,21-23H,5-9,12-20H2,1-4H3,(H2-,28,29,30,31,32,33)/p+1/b11-10+. The molecule has 0 aliphatic rings. The van der Waals surface area contributed by atoms with E-state index in [9.17, 15) is 29.7 Å². The average molecular weight is 471 g/mol. The zero-order chi connectivity index (χ0) is 25.3. The third kappa shape index (κ3) is 11.2. The van der Waals surface area contributed by atoms with E-state index in [1.807, 2.05) is 0 Å². The first-order chi connectivity index (χ1) is 15.6. The Morgan fingerprint density at radius 1 is 0.606 bits per heavy atom. The summed E-state index contributed by atoms with van der Waals surface area (Å²) in [5, 5.41) is 28.8. The lowest BCUT2D eigenvalue weighted by Gasteiger charge is -2.47. The summed E-state index contributed by atoms with van der Waals surface area (Å²) >= 11 is 0. The van der Waals surface area contributed by atoms with Crippen LogP contribution in [-0.4, -0.2) is 62.4 Å². The number of hydrogen-bond acceptors (Lipinski definition) is 3. The molecule has 0 fully saturated rings. The Bertz CT molecular complexity index is 553. The lowest BCUT2D eigenvalue weighted by atomic mass is 10.00. The van der Waals surface area contributed by atoms with Crippen molar-refractivity contribution in [2.24, 2.45) is 0 Å². The van der Waals surface area contributed by atoms with Gasteiger partial charge in [0.15, 0.2) is 18.1 Å². The van der Waals surface area contributed by atoms with Gasteiger partial charge in [-0.2, -0.15) is 0 Å². The molecule has 7 heteroatoms. The molecule has 0 aliphatic heterocycles. The SMILES string of the molecule is CCCCCC/C=C/CCCCCCCCC[N+](C(C)C(=O)O)(C(C)C(=O)O)C(C)C(=O)O. The Morgan fingerprint density at radius 3 is 1.30 bits per heavy atom. The molecule has 0 amide bonds. The molecule has 0 aromatic heterocycles. The molecule has 3 atom stereocenters. The Kier molecular flexibility index (Phi) is 16.6. The van der Waals surface area contributed by atoms with Crippen molar-refractivity contribution < 1.29 is 34.2 Å². The van der Waals surface area contributed by atoms with Crippen LogP contribution in [0, 0.1) is 0 Å². The number of rotatable bonds is 21. The fourth-order valence-electron chi connectivity index (χ4n) is 4.66. The van der Waals surface area contributed by atoms with Gasteiger partial charge >= 0.3 is 17.9 Å². The third-order valence-corrected chi connectivity index (χ3v) is 7.04. The second-order valence-corrected chi connectivity index (χ2v) is 9.35. The number of allylic oxidation sites excluding steroid dienone is 2. The maximum Gasteiger partial charge on any atom is 0.362 e. The molecule has 0 aromatic carbocycles. The van der Waals surface area contributed by atoms with Crippen molar-refractivity contribution in [1.82, 2.24) is 0 Å². The van der Waals surface area contributed by atoms with E-state index in [-0.39, 0.29) is 6.54 Å². The highest BCUT2D eigenvalue weighted by atomic mass is 16.4. The Labute approximate surface area is 200 Å². The number of hydrogen-bond donors (Lipinski definition) is 3. The molecule has 0 saturated heterocycles. The predicted octanol–water partition coefficient (Wildman–Crippen LogP) is 5.87. The van der Waals surface area contributed by atoms with E-state index in [0.29, 0.717) is 6.42 Å². The smallest absolute Gasteiger partial charge is 0.362 e. The van der Waals surface area contributed by atoms with E-state index in [2.05, 4.69) is 19.1 Å². The van der Waals surface area contributed by atoms with Crippen LogP contribution < -0.4 is 0 Å². The van der Waals surface area contributed by atoms with Crippen molar-refractivity contribution in [2.75, 3.05) is 6.54 Å². The second-order valence-electron chi connectivity index (χ2n) is 9.35. The molecule has 0 saturated carbocycles. The first kappa shape index (κ1) is 31.1. The minimum atomic E-state index is -1.17. The van der Waals surface area contributed by atoms with Gasteiger partial charge in [0.1, 0.15) is 0 Å². The number of carbonyl (C=O) groups is 3. The maximum absolute atomic E-state index is 11.8. The zero-order valence-electron chi connectivity index (χ0n) is 21.3. The summed E-state index contributed by atoms with van der Waals surface area (Å²) in [6, 6.07) is -3.37. The largest absolute Gasteiger partial charge is 0.477 e. The van der Waals surface area contributed by atoms with Crippen molar-refractivity contribution in [3.8, 4) is 0 Å². The molecule has 0 aromatic rings. The van der Waals surface area contributed by atoms with Gasteiger partial charge in [-0.1, -0.05) is 64.0 Å². The molecule has 7 nitrogen and oxygen atoms in total. The summed E-state index contributed by atoms with van der Waals surface area (Å²) in [5.74, 6) is -3.52. The Balaban J connectivity index is 4.45. The van der Waals surface area contributed by atoms with Crippen LogP contribution in [0.15, 0.2) is 12.2 Å². The highest BCUT2D eigenvalue weighted by Crippen LogP contribution is 2.27. The summed E-state index contributed by atoms with van der Waals surface area (Å²) < 4.78 is -0.481. The number of unbranched alkanes of at least 4 members (excludes halogenated alkanes) is 11. The molecule has 0 aliphatic carbocycles. The molecular formula is C26H48NO6+. The summed E-state index contributed by atoms with van der Waals surface area (Å²) in [6.07, 6.45) is 19.1. The summed E-state index contributed by atoms with van der Waals surface area (Å²) in [4.78, 5) is 35.3. The summed E-state index contributed by atoms with van der Waals surface area (Å²) in [5.41, 5.74) is 0. The van der Waals surface area contributed by atoms with Crippen LogP contribution in [0.5, 0.6) is 0 Å². The van der Waals surface area contributed by atoms with Gasteiger partial charge in [-0.3, -0.25) is 4.48 Å². The fraction of sp³-hybridized carbons (Fsp3) is 0.808. The zero-order valence-corrected chi connectivity index (χ0v) is 21.3. The minimum absolute atomic E-state index is 0.220. The van der Waals surface area contributed by atoms with Crippen LogP contribution in [0.4, 0.5) is 0 Å². The van der Waals surface area contributed by atoms with E-state index in [1.165, 1.54) is 65.7 Å². The van der Waals surface area contributed by atoms with Crippen molar-refractivity contribution in [2.45, 2.75) is 129 Å². The van der Waals surface area contributed by atoms with Gasteiger partial charge in [-0.25, -0.2) is 14.4 Å². The van der Waals surface area contributed by atoms with Gasteiger partial charge in [0, 0.05) is 0 Å². The summed E-state index contributed by atoms with van der Waals surface area (Å²) in [7, 11) is 0. The van der Waals surface area contributed by atoms with Gasteiger partial charge in [0.2, 0.25) is 0 Å². The molecule has 0 bridgehead atoms. The van der Waals surface area contributed by atoms with E-state index in [1.54, 1.807) is 0 Å². The molecule has 3 N–H and O–H groups in total. The normalized spacial score (nSPS) is 16.2. The van der Waals surface area contributed by atoms with Crippen LogP contribution >= 0.6 is 0 Å². The van der Waals surface area contributed by atoms with Crippen LogP contribution in [0.2, 0.25) is 0 Å². The molecule has 33 heavy (non-hydrogen) atoms. The van der Waals surface area contributed by atoms with Gasteiger partial charge < -0.3 is 15.3 Å². The molecule has 3 unspecified atom stereocenters. The van der Waals surface area contributed by atoms with Crippen molar-refractivity contribution in [1.29, 1.82) is 0 Å². The van der Waals surface area contributed by atoms with E-state index in [0.717, 1.165) is 32.1 Å². The molecule has 0 rings (SSSR count). The van der Waals surface area contributed by atoms with Gasteiger partial charge in [-0.15, -0.1) is 0 Å². The fourth-order valence-corrected chi connectivity index (χ4v) is 4.66. The van der Waals surface area contributed by atoms with Crippen LogP contribution in [0.25, 0.3) is 0 Å². The minimum Gasteiger partial charge on any atom is -0.477 e. The Morgan fingerprint density at radius 2 is 0.939 bits per heavy atom. The quantitative estimate of drug-likeness (QED) is 0.110. The van der Waals surface area contributed by atoms with E-state index < -0.39 is 40.5 Å². The number of nitrogens with zero attached hydrogens (tertiary/aromatic N) is 1. The van der Waals surface area contributed by atoms with Gasteiger partial charge in [0.05, 0.1) is 6.54 Å².